The average molecular weight is 361 g/mol. The monoisotopic (exact) mass is 360 g/mol. The summed E-state index contributed by atoms with van der Waals surface area (Å²) in [5.41, 5.74) is 2.07. The van der Waals surface area contributed by atoms with Crippen molar-refractivity contribution in [2.24, 2.45) is 0 Å². The second kappa shape index (κ2) is 7.03. The average Bonchev–Trinajstić information content (AvgIpc) is 3.03. The van der Waals surface area contributed by atoms with Crippen molar-refractivity contribution in [3.8, 4) is 11.5 Å². The van der Waals surface area contributed by atoms with Gasteiger partial charge in [0.25, 0.3) is 0 Å². The topological polar surface area (TPSA) is 67.9 Å². The zero-order valence-corrected chi connectivity index (χ0v) is 14.6. The molecule has 0 spiro atoms. The fourth-order valence-electron chi connectivity index (χ4n) is 2.50. The summed E-state index contributed by atoms with van der Waals surface area (Å²) in [7, 11) is 0. The quantitative estimate of drug-likeness (QED) is 0.907. The number of carbonyl (C=O) groups excluding carboxylic acids is 2. The van der Waals surface area contributed by atoms with Crippen molar-refractivity contribution in [2.75, 3.05) is 23.6 Å². The fourth-order valence-corrected chi connectivity index (χ4v) is 2.67. The molecule has 0 saturated carbocycles. The van der Waals surface area contributed by atoms with Gasteiger partial charge in [-0.1, -0.05) is 17.7 Å². The van der Waals surface area contributed by atoms with Crippen LogP contribution in [-0.2, 0) is 9.59 Å². The van der Waals surface area contributed by atoms with Crippen molar-refractivity contribution < 1.29 is 19.1 Å². The van der Waals surface area contributed by atoms with Crippen molar-refractivity contribution in [1.29, 1.82) is 0 Å². The largest absolute Gasteiger partial charge is 0.454 e. The lowest BCUT2D eigenvalue weighted by molar-refractivity contribution is -0.120. The number of halogens is 1. The Morgan fingerprint density at radius 1 is 1.16 bits per heavy atom. The molecule has 0 radical (unpaired) electrons. The predicted molar refractivity (Wildman–Crippen MR) is 95.4 cm³/mol. The zero-order chi connectivity index (χ0) is 18.0. The lowest BCUT2D eigenvalue weighted by Gasteiger charge is -2.21. The van der Waals surface area contributed by atoms with E-state index >= 15 is 0 Å². The first kappa shape index (κ1) is 17.1. The molecule has 1 aliphatic rings. The maximum atomic E-state index is 12.4. The first-order valence-electron chi connectivity index (χ1n) is 7.68. The number of aryl methyl sites for hydroxylation is 1. The second-order valence-electron chi connectivity index (χ2n) is 5.65. The van der Waals surface area contributed by atoms with Gasteiger partial charge in [0.05, 0.1) is 0 Å². The zero-order valence-electron chi connectivity index (χ0n) is 13.8. The van der Waals surface area contributed by atoms with Crippen molar-refractivity contribution in [2.45, 2.75) is 13.8 Å². The number of fused-ring (bicyclic) bond motifs is 1. The molecule has 25 heavy (non-hydrogen) atoms. The number of anilines is 2. The van der Waals surface area contributed by atoms with Crippen molar-refractivity contribution in [3.05, 3.63) is 47.0 Å². The smallest absolute Gasteiger partial charge is 0.244 e. The molecule has 3 rings (SSSR count). The summed E-state index contributed by atoms with van der Waals surface area (Å²) in [5.74, 6) is 0.594. The van der Waals surface area contributed by atoms with E-state index in [2.05, 4.69) is 5.32 Å². The number of ether oxygens (including phenoxy) is 2. The normalized spacial score (nSPS) is 12.0. The minimum absolute atomic E-state index is 0.124. The Balaban J connectivity index is 1.77. The Morgan fingerprint density at radius 2 is 1.92 bits per heavy atom. The summed E-state index contributed by atoms with van der Waals surface area (Å²) in [6, 6.07) is 10.4. The molecule has 6 nitrogen and oxygen atoms in total. The maximum absolute atomic E-state index is 12.4. The van der Waals surface area contributed by atoms with Crippen molar-refractivity contribution >= 4 is 34.8 Å². The maximum Gasteiger partial charge on any atom is 0.244 e. The Morgan fingerprint density at radius 3 is 2.68 bits per heavy atom. The second-order valence-corrected chi connectivity index (χ2v) is 6.09. The molecule has 130 valence electrons. The van der Waals surface area contributed by atoms with E-state index in [0.717, 1.165) is 5.56 Å². The lowest BCUT2D eigenvalue weighted by Crippen LogP contribution is -2.36. The van der Waals surface area contributed by atoms with Crippen LogP contribution in [0, 0.1) is 6.92 Å². The fraction of sp³-hybridized carbons (Fsp3) is 0.222. The van der Waals surface area contributed by atoms with Gasteiger partial charge in [-0.15, -0.1) is 0 Å². The van der Waals surface area contributed by atoms with E-state index in [1.165, 1.54) is 11.8 Å². The molecule has 0 aliphatic carbocycles. The highest BCUT2D eigenvalue weighted by Gasteiger charge is 2.20. The Bertz CT molecular complexity index is 838. The van der Waals surface area contributed by atoms with Crippen LogP contribution in [0.5, 0.6) is 11.5 Å². The Hall–Kier alpha value is -2.73. The van der Waals surface area contributed by atoms with Crippen LogP contribution in [0.2, 0.25) is 5.02 Å². The van der Waals surface area contributed by atoms with Gasteiger partial charge in [-0.2, -0.15) is 0 Å². The van der Waals surface area contributed by atoms with Gasteiger partial charge >= 0.3 is 0 Å². The number of nitrogens with one attached hydrogen (secondary N) is 1. The molecule has 1 aliphatic heterocycles. The van der Waals surface area contributed by atoms with E-state index < -0.39 is 0 Å². The minimum atomic E-state index is -0.321. The van der Waals surface area contributed by atoms with Crippen LogP contribution < -0.4 is 19.7 Å². The van der Waals surface area contributed by atoms with Crippen LogP contribution in [0.3, 0.4) is 0 Å². The number of amides is 2. The standard InChI is InChI=1S/C18H17ClN2O4/c1-11-3-4-13(19)7-15(11)20-18(23)9-21(12(2)22)14-5-6-16-17(8-14)25-10-24-16/h3-8H,9-10H2,1-2H3,(H,20,23). The summed E-state index contributed by atoms with van der Waals surface area (Å²) in [6.07, 6.45) is 0. The molecule has 1 N–H and O–H groups in total. The van der Waals surface area contributed by atoms with Crippen molar-refractivity contribution in [3.63, 3.8) is 0 Å². The molecule has 2 amide bonds. The first-order valence-corrected chi connectivity index (χ1v) is 8.05. The summed E-state index contributed by atoms with van der Waals surface area (Å²) in [6.45, 7) is 3.29. The van der Waals surface area contributed by atoms with Gasteiger partial charge in [-0.05, 0) is 36.8 Å². The number of benzene rings is 2. The van der Waals surface area contributed by atoms with E-state index in [4.69, 9.17) is 21.1 Å². The number of nitrogens with zero attached hydrogens (tertiary/aromatic N) is 1. The van der Waals surface area contributed by atoms with Gasteiger partial charge < -0.3 is 19.7 Å². The molecule has 0 saturated heterocycles. The molecule has 0 atom stereocenters. The van der Waals surface area contributed by atoms with E-state index in [1.807, 2.05) is 13.0 Å². The predicted octanol–water partition coefficient (Wildman–Crippen LogP) is 3.37. The van der Waals surface area contributed by atoms with Gasteiger partial charge in [-0.3, -0.25) is 9.59 Å². The highest BCUT2D eigenvalue weighted by atomic mass is 35.5. The number of hydrogen-bond acceptors (Lipinski definition) is 4. The third kappa shape index (κ3) is 3.85. The number of hydrogen-bond donors (Lipinski definition) is 1. The molecule has 2 aromatic carbocycles. The van der Waals surface area contributed by atoms with Crippen LogP contribution in [0.25, 0.3) is 0 Å². The molecular weight excluding hydrogens is 344 g/mol. The van der Waals surface area contributed by atoms with E-state index in [1.54, 1.807) is 30.3 Å². The SMILES string of the molecule is CC(=O)N(CC(=O)Nc1cc(Cl)ccc1C)c1ccc2c(c1)OCO2. The van der Waals surface area contributed by atoms with Crippen LogP contribution in [0.4, 0.5) is 11.4 Å². The van der Waals surface area contributed by atoms with Crippen LogP contribution >= 0.6 is 11.6 Å². The summed E-state index contributed by atoms with van der Waals surface area (Å²) in [5, 5.41) is 3.31. The van der Waals surface area contributed by atoms with Gasteiger partial charge in [0.2, 0.25) is 18.6 Å². The van der Waals surface area contributed by atoms with Gasteiger partial charge in [0, 0.05) is 29.4 Å². The first-order chi connectivity index (χ1) is 11.9. The summed E-state index contributed by atoms with van der Waals surface area (Å²) in [4.78, 5) is 25.8. The van der Waals surface area contributed by atoms with Crippen LogP contribution in [0.1, 0.15) is 12.5 Å². The van der Waals surface area contributed by atoms with Crippen LogP contribution in [0.15, 0.2) is 36.4 Å². The highest BCUT2D eigenvalue weighted by molar-refractivity contribution is 6.31. The van der Waals surface area contributed by atoms with Crippen LogP contribution in [-0.4, -0.2) is 25.2 Å². The summed E-state index contributed by atoms with van der Waals surface area (Å²) >= 11 is 5.96. The molecule has 0 bridgehead atoms. The lowest BCUT2D eigenvalue weighted by atomic mass is 10.2. The third-order valence-corrected chi connectivity index (χ3v) is 4.06. The molecule has 0 aromatic heterocycles. The third-order valence-electron chi connectivity index (χ3n) is 3.82. The summed E-state index contributed by atoms with van der Waals surface area (Å²) < 4.78 is 10.6. The molecule has 2 aromatic rings. The van der Waals surface area contributed by atoms with E-state index in [9.17, 15) is 9.59 Å². The minimum Gasteiger partial charge on any atom is -0.454 e. The Kier molecular flexibility index (Phi) is 4.81. The van der Waals surface area contributed by atoms with E-state index in [0.29, 0.717) is 27.9 Å². The molecule has 7 heteroatoms. The molecule has 0 fully saturated rings. The molecule has 0 unspecified atom stereocenters. The Labute approximate surface area is 150 Å². The highest BCUT2D eigenvalue weighted by Crippen LogP contribution is 2.35. The van der Waals surface area contributed by atoms with Crippen molar-refractivity contribution in [1.82, 2.24) is 0 Å². The number of rotatable bonds is 4. The van der Waals surface area contributed by atoms with E-state index in [-0.39, 0.29) is 25.2 Å². The number of carbonyl (C=O) groups is 2. The van der Waals surface area contributed by atoms with Gasteiger partial charge in [0.1, 0.15) is 6.54 Å². The van der Waals surface area contributed by atoms with Gasteiger partial charge in [0.15, 0.2) is 11.5 Å². The van der Waals surface area contributed by atoms with Gasteiger partial charge in [-0.25, -0.2) is 0 Å². The molecule has 1 heterocycles. The molecular formula is C18H17ClN2O4.